The largest absolute Gasteiger partial charge is 0.433 e. The fourth-order valence-corrected chi connectivity index (χ4v) is 1.33. The zero-order chi connectivity index (χ0) is 14.5. The lowest BCUT2D eigenvalue weighted by Gasteiger charge is -1.98. The fraction of sp³-hybridized carbons (Fsp3) is 0. The average Bonchev–Trinajstić information content (AvgIpc) is 2.88. The van der Waals surface area contributed by atoms with Gasteiger partial charge in [-0.1, -0.05) is 0 Å². The molecule has 0 saturated heterocycles. The molecule has 0 radical (unpaired) electrons. The van der Waals surface area contributed by atoms with E-state index in [1.165, 1.54) is 24.3 Å². The van der Waals surface area contributed by atoms with E-state index in [2.05, 4.69) is 10.5 Å². The summed E-state index contributed by atoms with van der Waals surface area (Å²) in [6.07, 6.45) is 1.12. The van der Waals surface area contributed by atoms with Gasteiger partial charge in [0.05, 0.1) is 12.3 Å². The Bertz CT molecular complexity index is 664. The van der Waals surface area contributed by atoms with E-state index in [0.717, 1.165) is 18.3 Å². The number of hydrazone groups is 1. The van der Waals surface area contributed by atoms with Crippen molar-refractivity contribution in [1.82, 2.24) is 5.43 Å². The van der Waals surface area contributed by atoms with Gasteiger partial charge in [-0.2, -0.15) is 5.10 Å². The van der Waals surface area contributed by atoms with Crippen LogP contribution in [0.5, 0.6) is 0 Å². The summed E-state index contributed by atoms with van der Waals surface area (Å²) < 4.78 is 17.5. The molecule has 0 unspecified atom stereocenters. The van der Waals surface area contributed by atoms with Crippen molar-refractivity contribution in [1.29, 1.82) is 0 Å². The van der Waals surface area contributed by atoms with Crippen LogP contribution < -0.4 is 5.43 Å². The first-order chi connectivity index (χ1) is 9.56. The van der Waals surface area contributed by atoms with E-state index in [4.69, 9.17) is 4.42 Å². The maximum absolute atomic E-state index is 12.7. The van der Waals surface area contributed by atoms with Crippen molar-refractivity contribution in [3.8, 4) is 0 Å². The topological polar surface area (TPSA) is 97.7 Å². The SMILES string of the molecule is O=C(N/N=C\c1ccc([N+](=O)[O-])o1)c1ccc(F)cc1. The zero-order valence-corrected chi connectivity index (χ0v) is 9.95. The van der Waals surface area contributed by atoms with Crippen molar-refractivity contribution >= 4 is 18.0 Å². The number of nitrogens with zero attached hydrogens (tertiary/aromatic N) is 2. The number of rotatable bonds is 4. The van der Waals surface area contributed by atoms with E-state index in [1.807, 2.05) is 0 Å². The summed E-state index contributed by atoms with van der Waals surface area (Å²) >= 11 is 0. The molecule has 1 aromatic heterocycles. The minimum absolute atomic E-state index is 0.121. The maximum atomic E-state index is 12.7. The Morgan fingerprint density at radius 2 is 2.00 bits per heavy atom. The van der Waals surface area contributed by atoms with E-state index >= 15 is 0 Å². The molecule has 102 valence electrons. The normalized spacial score (nSPS) is 10.7. The number of hydrogen-bond acceptors (Lipinski definition) is 5. The number of nitro groups is 1. The van der Waals surface area contributed by atoms with Gasteiger partial charge in [-0.05, 0) is 30.3 Å². The van der Waals surface area contributed by atoms with Crippen LogP contribution in [0.25, 0.3) is 0 Å². The number of hydrogen-bond donors (Lipinski definition) is 1. The van der Waals surface area contributed by atoms with Crippen LogP contribution in [-0.2, 0) is 0 Å². The summed E-state index contributed by atoms with van der Waals surface area (Å²) in [7, 11) is 0. The summed E-state index contributed by atoms with van der Waals surface area (Å²) in [4.78, 5) is 21.3. The Balaban J connectivity index is 1.97. The summed E-state index contributed by atoms with van der Waals surface area (Å²) in [6, 6.07) is 7.41. The number of benzene rings is 1. The second kappa shape index (κ2) is 5.74. The van der Waals surface area contributed by atoms with E-state index in [9.17, 15) is 19.3 Å². The number of amides is 1. The lowest BCUT2D eigenvalue weighted by Crippen LogP contribution is -2.17. The van der Waals surface area contributed by atoms with Gasteiger partial charge in [0.2, 0.25) is 0 Å². The van der Waals surface area contributed by atoms with Crippen molar-refractivity contribution in [2.24, 2.45) is 5.10 Å². The molecular weight excluding hydrogens is 269 g/mol. The monoisotopic (exact) mass is 277 g/mol. The highest BCUT2D eigenvalue weighted by Gasteiger charge is 2.10. The Labute approximate surface area is 111 Å². The van der Waals surface area contributed by atoms with Crippen LogP contribution in [-0.4, -0.2) is 17.0 Å². The van der Waals surface area contributed by atoms with Gasteiger partial charge in [-0.25, -0.2) is 9.82 Å². The zero-order valence-electron chi connectivity index (χ0n) is 9.95. The predicted molar refractivity (Wildman–Crippen MR) is 66.8 cm³/mol. The molecule has 0 atom stereocenters. The molecule has 0 saturated carbocycles. The third-order valence-electron chi connectivity index (χ3n) is 2.26. The molecule has 0 bridgehead atoms. The van der Waals surface area contributed by atoms with Gasteiger partial charge in [-0.3, -0.25) is 14.9 Å². The van der Waals surface area contributed by atoms with Gasteiger partial charge in [0.25, 0.3) is 5.91 Å². The molecule has 1 N–H and O–H groups in total. The molecule has 0 fully saturated rings. The van der Waals surface area contributed by atoms with E-state index < -0.39 is 22.5 Å². The molecule has 8 heteroatoms. The summed E-state index contributed by atoms with van der Waals surface area (Å²) in [6.45, 7) is 0. The van der Waals surface area contributed by atoms with E-state index in [1.54, 1.807) is 0 Å². The van der Waals surface area contributed by atoms with Gasteiger partial charge in [0.1, 0.15) is 10.7 Å². The minimum atomic E-state index is -0.686. The van der Waals surface area contributed by atoms with Crippen molar-refractivity contribution in [3.05, 3.63) is 63.7 Å². The maximum Gasteiger partial charge on any atom is 0.433 e. The molecule has 2 rings (SSSR count). The number of halogens is 1. The van der Waals surface area contributed by atoms with E-state index in [-0.39, 0.29) is 11.3 Å². The molecule has 20 heavy (non-hydrogen) atoms. The summed E-state index contributed by atoms with van der Waals surface area (Å²) in [5, 5.41) is 14.0. The van der Waals surface area contributed by atoms with Crippen LogP contribution in [0.4, 0.5) is 10.3 Å². The van der Waals surface area contributed by atoms with Gasteiger partial charge in [0, 0.05) is 5.56 Å². The lowest BCUT2D eigenvalue weighted by molar-refractivity contribution is -0.402. The Morgan fingerprint density at radius 3 is 2.60 bits per heavy atom. The summed E-state index contributed by atoms with van der Waals surface area (Å²) in [5.41, 5.74) is 2.41. The first-order valence-electron chi connectivity index (χ1n) is 5.39. The fourth-order valence-electron chi connectivity index (χ4n) is 1.33. The molecule has 0 aliphatic heterocycles. The molecule has 2 aromatic rings. The number of carbonyl (C=O) groups is 1. The lowest BCUT2D eigenvalue weighted by atomic mass is 10.2. The molecule has 1 aromatic carbocycles. The number of nitrogens with one attached hydrogen (secondary N) is 1. The molecule has 1 heterocycles. The Kier molecular flexibility index (Phi) is 3.85. The van der Waals surface area contributed by atoms with Crippen LogP contribution in [0.3, 0.4) is 0 Å². The molecular formula is C12H8FN3O4. The standard InChI is InChI=1S/C12H8FN3O4/c13-9-3-1-8(2-4-9)12(17)15-14-7-10-5-6-11(20-10)16(18)19/h1-7H,(H,15,17)/b14-7-. The highest BCUT2D eigenvalue weighted by molar-refractivity contribution is 5.94. The first kappa shape index (κ1) is 13.4. The highest BCUT2D eigenvalue weighted by atomic mass is 19.1. The van der Waals surface area contributed by atoms with Gasteiger partial charge in [0.15, 0.2) is 5.76 Å². The smallest absolute Gasteiger partial charge is 0.400 e. The molecule has 0 aliphatic rings. The van der Waals surface area contributed by atoms with Crippen molar-refractivity contribution in [2.45, 2.75) is 0 Å². The van der Waals surface area contributed by atoms with Crippen molar-refractivity contribution in [3.63, 3.8) is 0 Å². The van der Waals surface area contributed by atoms with Gasteiger partial charge >= 0.3 is 5.88 Å². The molecule has 7 nitrogen and oxygen atoms in total. The Hall–Kier alpha value is -3.03. The minimum Gasteiger partial charge on any atom is -0.400 e. The third kappa shape index (κ3) is 3.25. The van der Waals surface area contributed by atoms with Crippen molar-refractivity contribution < 1.29 is 18.5 Å². The second-order valence-corrected chi connectivity index (χ2v) is 3.64. The van der Waals surface area contributed by atoms with Crippen LogP contribution in [0, 0.1) is 15.9 Å². The quantitative estimate of drug-likeness (QED) is 0.525. The number of furan rings is 1. The Morgan fingerprint density at radius 1 is 1.30 bits per heavy atom. The second-order valence-electron chi connectivity index (χ2n) is 3.64. The molecule has 0 spiro atoms. The molecule has 0 aliphatic carbocycles. The van der Waals surface area contributed by atoms with Crippen LogP contribution >= 0.6 is 0 Å². The van der Waals surface area contributed by atoms with Crippen LogP contribution in [0.1, 0.15) is 16.1 Å². The summed E-state index contributed by atoms with van der Waals surface area (Å²) in [5.74, 6) is -1.29. The third-order valence-corrected chi connectivity index (χ3v) is 2.26. The van der Waals surface area contributed by atoms with Gasteiger partial charge in [-0.15, -0.1) is 0 Å². The number of carbonyl (C=O) groups excluding carboxylic acids is 1. The first-order valence-corrected chi connectivity index (χ1v) is 5.39. The highest BCUT2D eigenvalue weighted by Crippen LogP contribution is 2.13. The van der Waals surface area contributed by atoms with Gasteiger partial charge < -0.3 is 4.42 Å². The van der Waals surface area contributed by atoms with Crippen LogP contribution in [0.15, 0.2) is 45.9 Å². The molecule has 1 amide bonds. The van der Waals surface area contributed by atoms with Crippen LogP contribution in [0.2, 0.25) is 0 Å². The van der Waals surface area contributed by atoms with E-state index in [0.29, 0.717) is 0 Å². The average molecular weight is 277 g/mol. The van der Waals surface area contributed by atoms with Crippen molar-refractivity contribution in [2.75, 3.05) is 0 Å². The predicted octanol–water partition coefficient (Wildman–Crippen LogP) is 2.09.